The van der Waals surface area contributed by atoms with E-state index in [0.717, 1.165) is 79.3 Å². The van der Waals surface area contributed by atoms with E-state index in [1.165, 1.54) is 0 Å². The second-order valence-corrected chi connectivity index (χ2v) is 15.8. The number of pyridine rings is 1. The van der Waals surface area contributed by atoms with Crippen LogP contribution in [0.15, 0.2) is 59.7 Å². The summed E-state index contributed by atoms with van der Waals surface area (Å²) in [5, 5.41) is 10.2. The molecule has 4 amide bonds. The fourth-order valence-corrected chi connectivity index (χ4v) is 8.64. The van der Waals surface area contributed by atoms with Gasteiger partial charge in [0, 0.05) is 81.8 Å². The summed E-state index contributed by atoms with van der Waals surface area (Å²) in [6.45, 7) is 9.85. The lowest BCUT2D eigenvalue weighted by Gasteiger charge is -2.36. The van der Waals surface area contributed by atoms with Crippen molar-refractivity contribution in [3.63, 3.8) is 0 Å². The Morgan fingerprint density at radius 1 is 0.930 bits per heavy atom. The van der Waals surface area contributed by atoms with E-state index >= 15 is 0 Å². The molecule has 0 saturated carbocycles. The molecule has 57 heavy (non-hydrogen) atoms. The maximum absolute atomic E-state index is 13.8. The van der Waals surface area contributed by atoms with Crippen molar-refractivity contribution in [1.29, 1.82) is 0 Å². The minimum atomic E-state index is -0.619. The fraction of sp³-hybridized carbons (Fsp3) is 0.405. The highest BCUT2D eigenvalue weighted by molar-refractivity contribution is 6.19. The summed E-state index contributed by atoms with van der Waals surface area (Å²) in [6.07, 6.45) is 4.09. The second kappa shape index (κ2) is 14.8. The minimum absolute atomic E-state index is 0.154. The van der Waals surface area contributed by atoms with Crippen LogP contribution in [0, 0.1) is 12.8 Å². The highest BCUT2D eigenvalue weighted by Crippen LogP contribution is 2.38. The lowest BCUT2D eigenvalue weighted by atomic mass is 10.0. The van der Waals surface area contributed by atoms with Gasteiger partial charge in [0.15, 0.2) is 0 Å². The highest BCUT2D eigenvalue weighted by atomic mass is 16.5. The lowest BCUT2D eigenvalue weighted by molar-refractivity contribution is -0.136. The number of piperazine rings is 1. The van der Waals surface area contributed by atoms with E-state index in [1.807, 2.05) is 26.1 Å². The van der Waals surface area contributed by atoms with Gasteiger partial charge < -0.3 is 24.8 Å². The molecule has 2 aromatic carbocycles. The molecule has 4 aromatic rings. The highest BCUT2D eigenvalue weighted by Gasteiger charge is 2.39. The van der Waals surface area contributed by atoms with E-state index in [-0.39, 0.29) is 30.1 Å². The van der Waals surface area contributed by atoms with Gasteiger partial charge in [0.25, 0.3) is 11.8 Å². The Morgan fingerprint density at radius 3 is 2.60 bits per heavy atom. The number of anilines is 3. The van der Waals surface area contributed by atoms with Crippen LogP contribution in [0.4, 0.5) is 17.1 Å². The molecule has 2 aromatic heterocycles. The number of carbonyl (C=O) groups is 4. The first-order chi connectivity index (χ1) is 27.6. The van der Waals surface area contributed by atoms with Gasteiger partial charge in [0.05, 0.1) is 35.4 Å². The van der Waals surface area contributed by atoms with Crippen LogP contribution in [0.3, 0.4) is 0 Å². The zero-order valence-corrected chi connectivity index (χ0v) is 32.5. The number of nitrogens with one attached hydrogen (secondary N) is 2. The number of fused-ring (bicyclic) bond motifs is 8. The number of amides is 4. The van der Waals surface area contributed by atoms with E-state index in [1.54, 1.807) is 27.9 Å². The number of ether oxygens (including phenoxy) is 1. The predicted molar refractivity (Wildman–Crippen MR) is 214 cm³/mol. The predicted octanol–water partition coefficient (Wildman–Crippen LogP) is 4.11. The Kier molecular flexibility index (Phi) is 9.47. The zero-order valence-electron chi connectivity index (χ0n) is 32.5. The molecule has 9 rings (SSSR count). The summed E-state index contributed by atoms with van der Waals surface area (Å²) in [4.78, 5) is 69.1. The molecule has 0 radical (unpaired) electrons. The molecular formula is C42H46N10O5. The second-order valence-electron chi connectivity index (χ2n) is 15.8. The van der Waals surface area contributed by atoms with Crippen molar-refractivity contribution in [1.82, 2.24) is 29.9 Å². The summed E-state index contributed by atoms with van der Waals surface area (Å²) in [5.74, 6) is 0.243. The number of piperidine rings is 1. The summed E-state index contributed by atoms with van der Waals surface area (Å²) in [7, 11) is 1.84. The van der Waals surface area contributed by atoms with Crippen LogP contribution in [0.1, 0.15) is 70.1 Å². The van der Waals surface area contributed by atoms with Gasteiger partial charge in [0.1, 0.15) is 6.04 Å². The third kappa shape index (κ3) is 7.11. The monoisotopic (exact) mass is 770 g/mol. The molecule has 7 heterocycles. The summed E-state index contributed by atoms with van der Waals surface area (Å²) in [5.41, 5.74) is 8.22. The average Bonchev–Trinajstić information content (AvgIpc) is 3.84. The number of carbonyl (C=O) groups excluding carboxylic acids is 4. The molecule has 5 aliphatic rings. The number of aliphatic imine (C=N–C) groups is 1. The van der Waals surface area contributed by atoms with Crippen LogP contribution in [0.5, 0.6) is 5.88 Å². The number of imide groups is 1. The number of guanidine groups is 1. The number of benzene rings is 2. The quantitative estimate of drug-likeness (QED) is 0.288. The van der Waals surface area contributed by atoms with Crippen LogP contribution < -0.4 is 25.2 Å². The molecular weight excluding hydrogens is 725 g/mol. The number of hydrogen-bond donors (Lipinski definition) is 2. The molecule has 15 heteroatoms. The number of hydrogen-bond acceptors (Lipinski definition) is 11. The van der Waals surface area contributed by atoms with Crippen molar-refractivity contribution < 1.29 is 23.9 Å². The molecule has 2 N–H and O–H groups in total. The van der Waals surface area contributed by atoms with Crippen molar-refractivity contribution in [3.05, 3.63) is 82.7 Å². The van der Waals surface area contributed by atoms with E-state index in [2.05, 4.69) is 66.6 Å². The molecule has 2 atom stereocenters. The fourth-order valence-electron chi connectivity index (χ4n) is 8.64. The van der Waals surface area contributed by atoms with E-state index in [0.29, 0.717) is 60.5 Å². The standard InChI is InChI=1S/C42H46N10O5/c1-25-5-4-16-57-41-32(21-43-48(41)3)34-19-28(17-26(2)44-34)38(54)47-42-45-33-9-7-30(20-36(33)52(42)22-25)50-14-12-49(13-15-50)23-27-6-8-31-29(18-27)24-51(40(31)56)35-10-11-37(53)46-39(35)55/h6-9,17-21,25,35H,4-5,10-16,22-24H2,1-3H3,(H,45,47,54)(H,46,53,55)/t25-,35?/m1/s1. The summed E-state index contributed by atoms with van der Waals surface area (Å²) < 4.78 is 7.95. The normalized spacial score (nSPS) is 22.3. The molecule has 5 aliphatic heterocycles. The first kappa shape index (κ1) is 36.5. The molecule has 2 bridgehead atoms. The minimum Gasteiger partial charge on any atom is -0.477 e. The number of rotatable bonds is 4. The Morgan fingerprint density at radius 2 is 1.77 bits per heavy atom. The van der Waals surface area contributed by atoms with Crippen LogP contribution >= 0.6 is 0 Å². The molecule has 15 nitrogen and oxygen atoms in total. The van der Waals surface area contributed by atoms with Gasteiger partial charge in [-0.05, 0) is 79.6 Å². The molecule has 1 unspecified atom stereocenters. The number of nitrogens with zero attached hydrogens (tertiary/aromatic N) is 8. The maximum atomic E-state index is 13.8. The molecule has 2 saturated heterocycles. The Hall–Kier alpha value is -6.09. The molecule has 0 aliphatic carbocycles. The van der Waals surface area contributed by atoms with Crippen molar-refractivity contribution in [3.8, 4) is 17.1 Å². The largest absolute Gasteiger partial charge is 0.477 e. The van der Waals surface area contributed by atoms with Gasteiger partial charge in [-0.15, -0.1) is 0 Å². The Balaban J connectivity index is 0.891. The third-order valence-corrected chi connectivity index (χ3v) is 11.6. The van der Waals surface area contributed by atoms with E-state index < -0.39 is 11.9 Å². The van der Waals surface area contributed by atoms with Gasteiger partial charge in [-0.1, -0.05) is 19.1 Å². The Labute approximate surface area is 330 Å². The van der Waals surface area contributed by atoms with E-state index in [9.17, 15) is 19.2 Å². The van der Waals surface area contributed by atoms with Crippen LogP contribution in [-0.2, 0) is 29.7 Å². The first-order valence-electron chi connectivity index (χ1n) is 19.8. The van der Waals surface area contributed by atoms with Crippen LogP contribution in [0.2, 0.25) is 0 Å². The smallest absolute Gasteiger partial charge is 0.280 e. The SMILES string of the molecule is Cc1cc2cc(n1)-c1cnn(C)c1OCCC[C@@H](C)CN1/C(=N/C2=O)Nc2ccc(N3CCN(Cc4ccc5c(c4)CN(C4CCC(=O)NC4=O)C5=O)CC3)cc21. The molecule has 294 valence electrons. The van der Waals surface area contributed by atoms with Gasteiger partial charge in [-0.2, -0.15) is 10.1 Å². The molecule has 0 spiro atoms. The third-order valence-electron chi connectivity index (χ3n) is 11.6. The topological polar surface area (TPSA) is 158 Å². The van der Waals surface area contributed by atoms with Gasteiger partial charge in [-0.25, -0.2) is 4.68 Å². The van der Waals surface area contributed by atoms with Gasteiger partial charge >= 0.3 is 0 Å². The maximum Gasteiger partial charge on any atom is 0.280 e. The van der Waals surface area contributed by atoms with Crippen molar-refractivity contribution in [2.45, 2.75) is 58.7 Å². The van der Waals surface area contributed by atoms with Crippen molar-refractivity contribution in [2.24, 2.45) is 18.0 Å². The molecule has 2 fully saturated rings. The average molecular weight is 771 g/mol. The lowest BCUT2D eigenvalue weighted by Crippen LogP contribution is -2.52. The summed E-state index contributed by atoms with van der Waals surface area (Å²) >= 11 is 0. The number of aromatic nitrogens is 3. The van der Waals surface area contributed by atoms with E-state index in [4.69, 9.17) is 9.72 Å². The van der Waals surface area contributed by atoms with Crippen molar-refractivity contribution >= 4 is 46.7 Å². The summed E-state index contributed by atoms with van der Waals surface area (Å²) in [6, 6.07) is 15.3. The first-order valence-corrected chi connectivity index (χ1v) is 19.8. The van der Waals surface area contributed by atoms with Crippen LogP contribution in [0.25, 0.3) is 11.3 Å². The zero-order chi connectivity index (χ0) is 39.4. The van der Waals surface area contributed by atoms with Crippen LogP contribution in [-0.4, -0.2) is 99.5 Å². The Bertz CT molecular complexity index is 2330. The van der Waals surface area contributed by atoms with Gasteiger partial charge in [-0.3, -0.25) is 34.4 Å². The van der Waals surface area contributed by atoms with Crippen molar-refractivity contribution in [2.75, 3.05) is 54.4 Å². The van der Waals surface area contributed by atoms with Gasteiger partial charge in [0.2, 0.25) is 23.7 Å². The number of aryl methyl sites for hydroxylation is 2.